The predicted molar refractivity (Wildman–Crippen MR) is 162 cm³/mol. The minimum absolute atomic E-state index is 0.251. The van der Waals surface area contributed by atoms with Crippen LogP contribution in [0.4, 0.5) is 0 Å². The van der Waals surface area contributed by atoms with Crippen LogP contribution in [0.3, 0.4) is 0 Å². The molecule has 0 spiro atoms. The molecular formula is C35H34O3Si. The van der Waals surface area contributed by atoms with Crippen molar-refractivity contribution >= 4 is 19.4 Å². The Morgan fingerprint density at radius 2 is 1.08 bits per heavy atom. The molecule has 0 aliphatic heterocycles. The number of unbranched alkanes of at least 4 members (excludes halogenated alkanes) is 1. The highest BCUT2D eigenvalue weighted by atomic mass is 28.3. The van der Waals surface area contributed by atoms with Gasteiger partial charge in [-0.05, 0) is 35.0 Å². The van der Waals surface area contributed by atoms with Crippen LogP contribution in [0.25, 0.3) is 0 Å². The summed E-state index contributed by atoms with van der Waals surface area (Å²) in [5.41, 5.74) is 2.82. The number of hydrogen-bond donors (Lipinski definition) is 1. The Labute approximate surface area is 233 Å². The van der Waals surface area contributed by atoms with Crippen molar-refractivity contribution in [1.82, 2.24) is 0 Å². The van der Waals surface area contributed by atoms with Gasteiger partial charge in [-0.15, -0.1) is 0 Å². The molecule has 0 aliphatic carbocycles. The third kappa shape index (κ3) is 6.24. The molecular weight excluding hydrogens is 496 g/mol. The molecule has 1 unspecified atom stereocenters. The standard InChI is InChI=1S/C35H34O3Si/c1-2-3-26-37-33-24-14-11-21-30(33)35(29-20-10-13-23-32(29)36)31-22-12-15-25-34(31)38-39(27-16-6-4-7-17-27)28-18-8-5-9-19-28/h4-25,35-36,39H,2-3,26H2,1H3. The second kappa shape index (κ2) is 13.0. The molecule has 0 fully saturated rings. The van der Waals surface area contributed by atoms with Crippen LogP contribution in [-0.2, 0) is 0 Å². The van der Waals surface area contributed by atoms with Crippen LogP contribution in [-0.4, -0.2) is 20.8 Å². The fourth-order valence-corrected chi connectivity index (χ4v) is 7.22. The summed E-state index contributed by atoms with van der Waals surface area (Å²) in [6.07, 6.45) is 2.05. The maximum absolute atomic E-state index is 11.1. The first-order valence-electron chi connectivity index (χ1n) is 13.6. The molecule has 0 bridgehead atoms. The summed E-state index contributed by atoms with van der Waals surface area (Å²) in [7, 11) is -2.08. The summed E-state index contributed by atoms with van der Waals surface area (Å²) in [4.78, 5) is 0. The minimum Gasteiger partial charge on any atom is -0.537 e. The Morgan fingerprint density at radius 3 is 1.67 bits per heavy atom. The lowest BCUT2D eigenvalue weighted by Crippen LogP contribution is -2.47. The number of rotatable bonds is 11. The molecule has 3 nitrogen and oxygen atoms in total. The highest BCUT2D eigenvalue weighted by Gasteiger charge is 2.28. The number of phenols is 1. The lowest BCUT2D eigenvalue weighted by Gasteiger charge is -2.27. The summed E-state index contributed by atoms with van der Waals surface area (Å²) >= 11 is 0. The highest BCUT2D eigenvalue weighted by molar-refractivity contribution is 6.80. The first-order valence-corrected chi connectivity index (χ1v) is 15.2. The van der Waals surface area contributed by atoms with Gasteiger partial charge in [-0.3, -0.25) is 0 Å². The Balaban J connectivity index is 1.64. The number of ether oxygens (including phenoxy) is 1. The molecule has 5 aromatic carbocycles. The number of hydrogen-bond acceptors (Lipinski definition) is 3. The van der Waals surface area contributed by atoms with Crippen molar-refractivity contribution in [1.29, 1.82) is 0 Å². The van der Waals surface area contributed by atoms with E-state index in [-0.39, 0.29) is 11.7 Å². The van der Waals surface area contributed by atoms with Gasteiger partial charge in [-0.1, -0.05) is 129 Å². The molecule has 0 radical (unpaired) electrons. The Bertz CT molecular complexity index is 1430. The largest absolute Gasteiger partial charge is 0.537 e. The van der Waals surface area contributed by atoms with E-state index in [4.69, 9.17) is 9.16 Å². The normalized spacial score (nSPS) is 11.7. The lowest BCUT2D eigenvalue weighted by atomic mass is 9.83. The van der Waals surface area contributed by atoms with Crippen LogP contribution in [0.15, 0.2) is 133 Å². The molecule has 39 heavy (non-hydrogen) atoms. The van der Waals surface area contributed by atoms with Gasteiger partial charge in [0.1, 0.15) is 17.2 Å². The van der Waals surface area contributed by atoms with E-state index in [1.807, 2.05) is 60.7 Å². The van der Waals surface area contributed by atoms with E-state index < -0.39 is 9.04 Å². The Hall–Kier alpha value is -4.28. The predicted octanol–water partition coefficient (Wildman–Crippen LogP) is 6.67. The second-order valence-corrected chi connectivity index (χ2v) is 11.9. The van der Waals surface area contributed by atoms with Crippen molar-refractivity contribution in [2.45, 2.75) is 25.7 Å². The van der Waals surface area contributed by atoms with Gasteiger partial charge in [0.2, 0.25) is 0 Å². The summed E-state index contributed by atoms with van der Waals surface area (Å²) in [5.74, 6) is 1.62. The van der Waals surface area contributed by atoms with Crippen LogP contribution in [0.5, 0.6) is 17.2 Å². The van der Waals surface area contributed by atoms with Crippen molar-refractivity contribution < 1.29 is 14.3 Å². The van der Waals surface area contributed by atoms with Gasteiger partial charge in [-0.2, -0.15) is 0 Å². The van der Waals surface area contributed by atoms with E-state index in [2.05, 4.69) is 73.7 Å². The van der Waals surface area contributed by atoms with Crippen molar-refractivity contribution in [3.63, 3.8) is 0 Å². The molecule has 5 aromatic rings. The van der Waals surface area contributed by atoms with Gasteiger partial charge >= 0.3 is 0 Å². The average Bonchev–Trinajstić information content (AvgIpc) is 2.99. The molecule has 196 valence electrons. The average molecular weight is 531 g/mol. The lowest BCUT2D eigenvalue weighted by molar-refractivity contribution is 0.306. The second-order valence-electron chi connectivity index (χ2n) is 9.59. The van der Waals surface area contributed by atoms with E-state index in [1.54, 1.807) is 6.07 Å². The third-order valence-corrected chi connectivity index (χ3v) is 9.38. The molecule has 0 aromatic heterocycles. The van der Waals surface area contributed by atoms with E-state index >= 15 is 0 Å². The zero-order valence-electron chi connectivity index (χ0n) is 22.2. The van der Waals surface area contributed by atoms with Gasteiger partial charge < -0.3 is 14.3 Å². The first kappa shape index (κ1) is 26.3. The molecule has 0 amide bonds. The SMILES string of the molecule is CCCCOc1ccccc1C(c1ccccc1O)c1ccccc1O[SiH](c1ccccc1)c1ccccc1. The van der Waals surface area contributed by atoms with Crippen molar-refractivity contribution in [2.24, 2.45) is 0 Å². The van der Waals surface area contributed by atoms with Crippen molar-refractivity contribution in [3.05, 3.63) is 150 Å². The maximum atomic E-state index is 11.1. The van der Waals surface area contributed by atoms with Crippen LogP contribution >= 0.6 is 0 Å². The van der Waals surface area contributed by atoms with Gasteiger partial charge in [0.25, 0.3) is 9.04 Å². The molecule has 0 aliphatic rings. The molecule has 0 saturated heterocycles. The Kier molecular flexibility index (Phi) is 8.77. The molecule has 4 heteroatoms. The highest BCUT2D eigenvalue weighted by Crippen LogP contribution is 2.43. The number of benzene rings is 5. The smallest absolute Gasteiger partial charge is 0.299 e. The Morgan fingerprint density at radius 1 is 0.590 bits per heavy atom. The van der Waals surface area contributed by atoms with E-state index in [1.165, 1.54) is 10.4 Å². The molecule has 1 N–H and O–H groups in total. The van der Waals surface area contributed by atoms with Gasteiger partial charge in [0.05, 0.1) is 6.61 Å². The minimum atomic E-state index is -2.08. The number of aromatic hydroxyl groups is 1. The zero-order valence-corrected chi connectivity index (χ0v) is 23.4. The number of phenolic OH excluding ortho intramolecular Hbond substituents is 1. The summed E-state index contributed by atoms with van der Waals surface area (Å²) in [6.45, 7) is 2.81. The monoisotopic (exact) mass is 530 g/mol. The maximum Gasteiger partial charge on any atom is 0.299 e. The van der Waals surface area contributed by atoms with E-state index in [0.29, 0.717) is 6.61 Å². The van der Waals surface area contributed by atoms with E-state index in [0.717, 1.165) is 41.0 Å². The van der Waals surface area contributed by atoms with Gasteiger partial charge in [-0.25, -0.2) is 0 Å². The van der Waals surface area contributed by atoms with Crippen molar-refractivity contribution in [2.75, 3.05) is 6.61 Å². The van der Waals surface area contributed by atoms with Crippen LogP contribution in [0.1, 0.15) is 42.4 Å². The van der Waals surface area contributed by atoms with Crippen LogP contribution in [0, 0.1) is 0 Å². The van der Waals surface area contributed by atoms with Crippen LogP contribution in [0.2, 0.25) is 0 Å². The quantitative estimate of drug-likeness (QED) is 0.118. The van der Waals surface area contributed by atoms with Crippen molar-refractivity contribution in [3.8, 4) is 17.2 Å². The molecule has 5 rings (SSSR count). The van der Waals surface area contributed by atoms with Crippen LogP contribution < -0.4 is 19.5 Å². The first-order chi connectivity index (χ1) is 19.3. The summed E-state index contributed by atoms with van der Waals surface area (Å²) in [6, 6.07) is 44.9. The fraction of sp³-hybridized carbons (Fsp3) is 0.143. The topological polar surface area (TPSA) is 38.7 Å². The van der Waals surface area contributed by atoms with E-state index in [9.17, 15) is 5.11 Å². The third-order valence-electron chi connectivity index (χ3n) is 6.91. The molecule has 0 heterocycles. The van der Waals surface area contributed by atoms with Gasteiger partial charge in [0.15, 0.2) is 0 Å². The summed E-state index contributed by atoms with van der Waals surface area (Å²) in [5, 5.41) is 13.5. The number of para-hydroxylation sites is 3. The summed E-state index contributed by atoms with van der Waals surface area (Å²) < 4.78 is 13.3. The molecule has 0 saturated carbocycles. The molecule has 1 atom stereocenters. The zero-order chi connectivity index (χ0) is 26.9. The fourth-order valence-electron chi connectivity index (χ4n) is 4.95. The van der Waals surface area contributed by atoms with Gasteiger partial charge in [0, 0.05) is 22.6 Å².